The van der Waals surface area contributed by atoms with E-state index in [-0.39, 0.29) is 6.04 Å². The van der Waals surface area contributed by atoms with Gasteiger partial charge in [-0.25, -0.2) is 0 Å². The lowest BCUT2D eigenvalue weighted by molar-refractivity contribution is 0.122. The fraction of sp³-hybridized carbons (Fsp3) is 0.786. The molecule has 0 aromatic carbocycles. The van der Waals surface area contributed by atoms with Crippen LogP contribution < -0.4 is 5.32 Å². The summed E-state index contributed by atoms with van der Waals surface area (Å²) in [7, 11) is 0. The maximum atomic E-state index is 6.43. The van der Waals surface area contributed by atoms with E-state index in [1.54, 1.807) is 0 Å². The zero-order valence-electron chi connectivity index (χ0n) is 12.5. The Labute approximate surface area is 121 Å². The Morgan fingerprint density at radius 1 is 1.32 bits per heavy atom. The van der Waals surface area contributed by atoms with Gasteiger partial charge >= 0.3 is 0 Å². The van der Waals surface area contributed by atoms with Crippen molar-refractivity contribution in [3.8, 4) is 0 Å². The Bertz CT molecular complexity index is 379. The minimum atomic E-state index is 0.286. The molecule has 1 aromatic heterocycles. The van der Waals surface area contributed by atoms with Gasteiger partial charge in [0.15, 0.2) is 0 Å². The van der Waals surface area contributed by atoms with Crippen molar-refractivity contribution in [2.24, 2.45) is 0 Å². The average molecular weight is 288 g/mol. The molecule has 0 aliphatic carbocycles. The lowest BCUT2D eigenvalue weighted by atomic mass is 10.1. The van der Waals surface area contributed by atoms with Gasteiger partial charge in [0.1, 0.15) is 0 Å². The second kappa shape index (κ2) is 8.56. The highest BCUT2D eigenvalue weighted by atomic mass is 35.5. The van der Waals surface area contributed by atoms with E-state index in [9.17, 15) is 0 Å². The van der Waals surface area contributed by atoms with E-state index in [1.165, 1.54) is 0 Å². The highest BCUT2D eigenvalue weighted by molar-refractivity contribution is 6.31. The van der Waals surface area contributed by atoms with E-state index in [2.05, 4.69) is 31.2 Å². The largest absolute Gasteiger partial charge is 0.380 e. The van der Waals surface area contributed by atoms with E-state index in [0.717, 1.165) is 48.9 Å². The molecule has 4 nitrogen and oxygen atoms in total. The second-order valence-electron chi connectivity index (χ2n) is 4.49. The first-order valence-electron chi connectivity index (χ1n) is 7.22. The molecular formula is C14H26ClN3O. The van der Waals surface area contributed by atoms with E-state index in [0.29, 0.717) is 6.61 Å². The molecule has 0 saturated carbocycles. The summed E-state index contributed by atoms with van der Waals surface area (Å²) in [6.07, 6.45) is 1.73. The molecule has 1 N–H and O–H groups in total. The van der Waals surface area contributed by atoms with E-state index in [1.807, 2.05) is 11.6 Å². The number of likely N-dealkylation sites (N-methyl/N-ethyl adjacent to an activating group) is 1. The number of hydrogen-bond acceptors (Lipinski definition) is 3. The predicted octanol–water partition coefficient (Wildman–Crippen LogP) is 2.68. The summed E-state index contributed by atoms with van der Waals surface area (Å²) < 4.78 is 7.54. The van der Waals surface area contributed by atoms with Crippen LogP contribution in [-0.2, 0) is 24.1 Å². The topological polar surface area (TPSA) is 39.1 Å². The molecule has 0 fully saturated rings. The average Bonchev–Trinajstić information content (AvgIpc) is 2.72. The lowest BCUT2D eigenvalue weighted by Crippen LogP contribution is -2.36. The summed E-state index contributed by atoms with van der Waals surface area (Å²) in [4.78, 5) is 0. The smallest absolute Gasteiger partial charge is 0.0850 e. The number of aryl methyl sites for hydroxylation is 2. The van der Waals surface area contributed by atoms with Gasteiger partial charge in [0, 0.05) is 25.6 Å². The Hall–Kier alpha value is -0.580. The van der Waals surface area contributed by atoms with Crippen molar-refractivity contribution in [1.29, 1.82) is 0 Å². The van der Waals surface area contributed by atoms with Gasteiger partial charge in [0.2, 0.25) is 0 Å². The number of ether oxygens (including phenoxy) is 1. The third-order valence-electron chi connectivity index (χ3n) is 3.15. The van der Waals surface area contributed by atoms with Crippen LogP contribution >= 0.6 is 11.6 Å². The van der Waals surface area contributed by atoms with Crippen LogP contribution in [0.15, 0.2) is 0 Å². The molecule has 1 aromatic rings. The van der Waals surface area contributed by atoms with Gasteiger partial charge in [-0.2, -0.15) is 5.10 Å². The van der Waals surface area contributed by atoms with Gasteiger partial charge in [-0.05, 0) is 26.8 Å². The summed E-state index contributed by atoms with van der Waals surface area (Å²) in [6, 6.07) is 0.286. The molecule has 0 radical (unpaired) electrons. The monoisotopic (exact) mass is 287 g/mol. The molecule has 0 amide bonds. The summed E-state index contributed by atoms with van der Waals surface area (Å²) in [5, 5.41) is 8.83. The summed E-state index contributed by atoms with van der Waals surface area (Å²) >= 11 is 6.43. The quantitative estimate of drug-likeness (QED) is 0.759. The van der Waals surface area contributed by atoms with Crippen LogP contribution in [0.25, 0.3) is 0 Å². The number of nitrogens with one attached hydrogen (secondary N) is 1. The third kappa shape index (κ3) is 4.48. The summed E-state index contributed by atoms with van der Waals surface area (Å²) in [5.41, 5.74) is 2.11. The van der Waals surface area contributed by atoms with Gasteiger partial charge in [-0.3, -0.25) is 4.68 Å². The SMILES string of the molecule is CCNC(COCC)Cc1c(Cl)c(CC)nn1CC. The molecule has 0 bridgehead atoms. The molecule has 19 heavy (non-hydrogen) atoms. The Morgan fingerprint density at radius 3 is 2.58 bits per heavy atom. The van der Waals surface area contributed by atoms with Crippen LogP contribution in [-0.4, -0.2) is 35.6 Å². The number of nitrogens with zero attached hydrogens (tertiary/aromatic N) is 2. The van der Waals surface area contributed by atoms with Crippen LogP contribution in [0.5, 0.6) is 0 Å². The minimum Gasteiger partial charge on any atom is -0.380 e. The van der Waals surface area contributed by atoms with Crippen LogP contribution in [0.4, 0.5) is 0 Å². The van der Waals surface area contributed by atoms with Crippen molar-refractivity contribution in [3.63, 3.8) is 0 Å². The number of aromatic nitrogens is 2. The van der Waals surface area contributed by atoms with Crippen molar-refractivity contribution < 1.29 is 4.74 Å². The minimum absolute atomic E-state index is 0.286. The molecule has 1 heterocycles. The number of halogens is 1. The maximum absolute atomic E-state index is 6.43. The highest BCUT2D eigenvalue weighted by Crippen LogP contribution is 2.23. The molecule has 1 rings (SSSR count). The third-order valence-corrected chi connectivity index (χ3v) is 3.59. The highest BCUT2D eigenvalue weighted by Gasteiger charge is 2.18. The molecule has 1 atom stereocenters. The fourth-order valence-corrected chi connectivity index (χ4v) is 2.53. The van der Waals surface area contributed by atoms with Crippen LogP contribution in [0.2, 0.25) is 5.02 Å². The Balaban J connectivity index is 2.84. The van der Waals surface area contributed by atoms with Crippen molar-refractivity contribution in [2.75, 3.05) is 19.8 Å². The number of hydrogen-bond donors (Lipinski definition) is 1. The molecule has 5 heteroatoms. The summed E-state index contributed by atoms with van der Waals surface area (Å²) in [6.45, 7) is 11.5. The van der Waals surface area contributed by atoms with Gasteiger partial charge in [0.05, 0.1) is 23.0 Å². The molecule has 110 valence electrons. The van der Waals surface area contributed by atoms with Crippen LogP contribution in [0, 0.1) is 0 Å². The second-order valence-corrected chi connectivity index (χ2v) is 4.87. The van der Waals surface area contributed by atoms with Crippen molar-refractivity contribution in [2.45, 2.75) is 53.1 Å². The molecular weight excluding hydrogens is 262 g/mol. The zero-order chi connectivity index (χ0) is 14.3. The van der Waals surface area contributed by atoms with E-state index >= 15 is 0 Å². The first kappa shape index (κ1) is 16.5. The fourth-order valence-electron chi connectivity index (χ4n) is 2.18. The molecule has 0 saturated heterocycles. The zero-order valence-corrected chi connectivity index (χ0v) is 13.3. The van der Waals surface area contributed by atoms with Crippen molar-refractivity contribution in [3.05, 3.63) is 16.4 Å². The van der Waals surface area contributed by atoms with Gasteiger partial charge in [-0.1, -0.05) is 25.4 Å². The van der Waals surface area contributed by atoms with Crippen molar-refractivity contribution >= 4 is 11.6 Å². The van der Waals surface area contributed by atoms with E-state index in [4.69, 9.17) is 16.3 Å². The molecule has 0 aliphatic heterocycles. The standard InChI is InChI=1S/C14H26ClN3O/c1-5-12-14(15)13(18(7-3)17-12)9-11(16-6-2)10-19-8-4/h11,16H,5-10H2,1-4H3. The molecule has 0 spiro atoms. The lowest BCUT2D eigenvalue weighted by Gasteiger charge is -2.18. The van der Waals surface area contributed by atoms with E-state index < -0.39 is 0 Å². The first-order chi connectivity index (χ1) is 9.17. The van der Waals surface area contributed by atoms with Crippen molar-refractivity contribution in [1.82, 2.24) is 15.1 Å². The first-order valence-corrected chi connectivity index (χ1v) is 7.60. The van der Waals surface area contributed by atoms with Gasteiger partial charge in [-0.15, -0.1) is 0 Å². The molecule has 0 aliphatic rings. The normalized spacial score (nSPS) is 12.9. The van der Waals surface area contributed by atoms with Gasteiger partial charge < -0.3 is 10.1 Å². The molecule has 1 unspecified atom stereocenters. The Kier molecular flexibility index (Phi) is 7.42. The number of rotatable bonds is 9. The van der Waals surface area contributed by atoms with Crippen LogP contribution in [0.3, 0.4) is 0 Å². The predicted molar refractivity (Wildman–Crippen MR) is 80.0 cm³/mol. The van der Waals surface area contributed by atoms with Gasteiger partial charge in [0.25, 0.3) is 0 Å². The Morgan fingerprint density at radius 2 is 2.05 bits per heavy atom. The maximum Gasteiger partial charge on any atom is 0.0850 e. The van der Waals surface area contributed by atoms with Crippen LogP contribution in [0.1, 0.15) is 39.1 Å². The summed E-state index contributed by atoms with van der Waals surface area (Å²) in [5.74, 6) is 0.